The van der Waals surface area contributed by atoms with Crippen LogP contribution < -0.4 is 16.0 Å². The normalized spacial score (nSPS) is 18.6. The molecule has 0 saturated carbocycles. The highest BCUT2D eigenvalue weighted by atomic mass is 32.2. The lowest BCUT2D eigenvalue weighted by Gasteiger charge is -2.33. The van der Waals surface area contributed by atoms with Gasteiger partial charge in [0.05, 0.1) is 17.9 Å². The van der Waals surface area contributed by atoms with Gasteiger partial charge < -0.3 is 20.7 Å². The first-order chi connectivity index (χ1) is 16.0. The topological polar surface area (TPSA) is 79.5 Å². The molecule has 1 aliphatic heterocycles. The first-order valence-corrected chi connectivity index (χ1v) is 12.9. The van der Waals surface area contributed by atoms with Crippen LogP contribution in [0.1, 0.15) is 48.0 Å². The summed E-state index contributed by atoms with van der Waals surface area (Å²) in [6, 6.07) is 7.65. The van der Waals surface area contributed by atoms with Gasteiger partial charge in [-0.15, -0.1) is 11.8 Å². The number of rotatable bonds is 8. The number of ether oxygens (including phenoxy) is 1. The number of hydrogen-bond donors (Lipinski definition) is 3. The molecule has 2 amide bonds. The van der Waals surface area contributed by atoms with Crippen molar-refractivity contribution in [3.05, 3.63) is 48.1 Å². The Morgan fingerprint density at radius 1 is 1.15 bits per heavy atom. The average molecular weight is 476 g/mol. The van der Waals surface area contributed by atoms with Gasteiger partial charge in [0.15, 0.2) is 0 Å². The van der Waals surface area contributed by atoms with E-state index < -0.39 is 6.04 Å². The minimum Gasteiger partial charge on any atom is -0.383 e. The summed E-state index contributed by atoms with van der Waals surface area (Å²) in [6.45, 7) is 12.9. The second-order valence-corrected chi connectivity index (χ2v) is 8.89. The molecule has 0 aromatic heterocycles. The molecule has 6 nitrogen and oxygen atoms in total. The van der Waals surface area contributed by atoms with Crippen LogP contribution in [0.4, 0.5) is 5.69 Å². The Hall–Kier alpha value is -2.25. The summed E-state index contributed by atoms with van der Waals surface area (Å²) in [4.78, 5) is 26.6. The van der Waals surface area contributed by atoms with Crippen molar-refractivity contribution in [3.8, 4) is 0 Å². The number of carbonyl (C=O) groups is 2. The van der Waals surface area contributed by atoms with E-state index in [0.29, 0.717) is 25.1 Å². The van der Waals surface area contributed by atoms with E-state index in [1.807, 2.05) is 71.9 Å². The van der Waals surface area contributed by atoms with Gasteiger partial charge in [-0.1, -0.05) is 65.8 Å². The third-order valence-electron chi connectivity index (χ3n) is 4.85. The molecule has 33 heavy (non-hydrogen) atoms. The molecule has 3 N–H and O–H groups in total. The summed E-state index contributed by atoms with van der Waals surface area (Å²) in [6.07, 6.45) is 6.45. The first kappa shape index (κ1) is 28.8. The number of thioether (sulfide) groups is 1. The number of nitrogens with one attached hydrogen (secondary N) is 3. The molecule has 3 unspecified atom stereocenters. The number of hydrogen-bond acceptors (Lipinski definition) is 5. The minimum atomic E-state index is -0.569. The van der Waals surface area contributed by atoms with E-state index >= 15 is 0 Å². The minimum absolute atomic E-state index is 0.0414. The van der Waals surface area contributed by atoms with Crippen LogP contribution in [0.2, 0.25) is 0 Å². The van der Waals surface area contributed by atoms with Gasteiger partial charge in [0.1, 0.15) is 6.04 Å². The van der Waals surface area contributed by atoms with Crippen molar-refractivity contribution in [1.29, 1.82) is 0 Å². The third kappa shape index (κ3) is 8.89. The van der Waals surface area contributed by atoms with Crippen LogP contribution in [-0.4, -0.2) is 49.4 Å². The second-order valence-electron chi connectivity index (χ2n) is 7.67. The quantitative estimate of drug-likeness (QED) is 0.472. The lowest BCUT2D eigenvalue weighted by atomic mass is 9.99. The van der Waals surface area contributed by atoms with Gasteiger partial charge in [-0.3, -0.25) is 9.59 Å². The number of para-hydroxylation sites is 1. The van der Waals surface area contributed by atoms with Crippen molar-refractivity contribution in [2.45, 2.75) is 70.2 Å². The van der Waals surface area contributed by atoms with Crippen molar-refractivity contribution in [2.75, 3.05) is 25.6 Å². The number of fused-ring (bicyclic) bond motifs is 2. The second kappa shape index (κ2) is 15.6. The van der Waals surface area contributed by atoms with Gasteiger partial charge in [-0.25, -0.2) is 0 Å². The summed E-state index contributed by atoms with van der Waals surface area (Å²) in [7, 11) is 1.59. The van der Waals surface area contributed by atoms with E-state index in [0.717, 1.165) is 5.69 Å². The number of benzene rings is 1. The molecule has 2 aliphatic rings. The van der Waals surface area contributed by atoms with E-state index in [1.54, 1.807) is 18.9 Å². The Balaban J connectivity index is 0.00000129. The standard InChI is InChI=1S/C22H29N3O3S.2C2H6/c1-14(2)12-18(22(27)23-10-11-28-3)25-21(26)15-8-9-20-17(13-15)24-16-6-4-5-7-19(16)29-20;2*1-2/h4-9,13-14,17-18,20,24H,10-12H2,1-3H3,(H,23,27)(H,25,26);2*1-2H3. The SMILES string of the molecule is CC.CC.COCCNC(=O)C(CC(C)C)NC(=O)C1=CC2Nc3ccccc3SC2C=C1. The predicted molar refractivity (Wildman–Crippen MR) is 140 cm³/mol. The molecule has 7 heteroatoms. The van der Waals surface area contributed by atoms with Crippen LogP contribution in [-0.2, 0) is 14.3 Å². The van der Waals surface area contributed by atoms with Crippen molar-refractivity contribution in [3.63, 3.8) is 0 Å². The maximum Gasteiger partial charge on any atom is 0.251 e. The lowest BCUT2D eigenvalue weighted by Crippen LogP contribution is -2.48. The summed E-state index contributed by atoms with van der Waals surface area (Å²) < 4.78 is 4.98. The van der Waals surface area contributed by atoms with Crippen molar-refractivity contribution >= 4 is 29.3 Å². The Kier molecular flexibility index (Phi) is 13.6. The highest BCUT2D eigenvalue weighted by molar-refractivity contribution is 8.00. The fraction of sp³-hybridized carbons (Fsp3) is 0.538. The molecule has 0 saturated heterocycles. The van der Waals surface area contributed by atoms with Gasteiger partial charge >= 0.3 is 0 Å². The fourth-order valence-electron chi connectivity index (χ4n) is 3.41. The molecule has 1 aromatic rings. The van der Waals surface area contributed by atoms with E-state index in [9.17, 15) is 9.59 Å². The zero-order valence-corrected chi connectivity index (χ0v) is 21.9. The van der Waals surface area contributed by atoms with Gasteiger partial charge in [0, 0.05) is 29.8 Å². The highest BCUT2D eigenvalue weighted by Crippen LogP contribution is 2.40. The monoisotopic (exact) mass is 475 g/mol. The summed E-state index contributed by atoms with van der Waals surface area (Å²) in [5, 5.41) is 9.48. The van der Waals surface area contributed by atoms with E-state index in [2.05, 4.69) is 28.1 Å². The average Bonchev–Trinajstić information content (AvgIpc) is 2.84. The molecule has 1 heterocycles. The Bertz CT molecular complexity index is 808. The number of anilines is 1. The number of carbonyl (C=O) groups excluding carboxylic acids is 2. The van der Waals surface area contributed by atoms with Crippen LogP contribution >= 0.6 is 11.8 Å². The summed E-state index contributed by atoms with van der Waals surface area (Å²) in [5.41, 5.74) is 1.66. The van der Waals surface area contributed by atoms with Crippen molar-refractivity contribution in [1.82, 2.24) is 10.6 Å². The molecular formula is C26H41N3O3S. The van der Waals surface area contributed by atoms with E-state index in [4.69, 9.17) is 4.74 Å². The van der Waals surface area contributed by atoms with Gasteiger partial charge in [0.25, 0.3) is 5.91 Å². The molecular weight excluding hydrogens is 434 g/mol. The van der Waals surface area contributed by atoms with Crippen LogP contribution in [0.15, 0.2) is 53.0 Å². The van der Waals surface area contributed by atoms with E-state index in [-0.39, 0.29) is 29.0 Å². The molecule has 1 aliphatic carbocycles. The predicted octanol–water partition coefficient (Wildman–Crippen LogP) is 4.78. The molecule has 1 aromatic carbocycles. The van der Waals surface area contributed by atoms with Crippen LogP contribution in [0.3, 0.4) is 0 Å². The van der Waals surface area contributed by atoms with E-state index in [1.165, 1.54) is 4.90 Å². The first-order valence-electron chi connectivity index (χ1n) is 12.0. The Morgan fingerprint density at radius 3 is 2.52 bits per heavy atom. The molecule has 3 rings (SSSR count). The largest absolute Gasteiger partial charge is 0.383 e. The molecule has 0 fully saturated rings. The smallest absolute Gasteiger partial charge is 0.251 e. The summed E-state index contributed by atoms with van der Waals surface area (Å²) in [5.74, 6) is -0.123. The molecule has 3 atom stereocenters. The fourth-order valence-corrected chi connectivity index (χ4v) is 4.56. The zero-order chi connectivity index (χ0) is 24.8. The highest BCUT2D eigenvalue weighted by Gasteiger charge is 2.30. The Morgan fingerprint density at radius 2 is 1.85 bits per heavy atom. The van der Waals surface area contributed by atoms with Gasteiger partial charge in [0.2, 0.25) is 5.91 Å². The molecule has 0 spiro atoms. The van der Waals surface area contributed by atoms with Crippen molar-refractivity contribution in [2.24, 2.45) is 5.92 Å². The number of methoxy groups -OCH3 is 1. The lowest BCUT2D eigenvalue weighted by molar-refractivity contribution is -0.127. The Labute approximate surface area is 204 Å². The molecule has 0 bridgehead atoms. The molecule has 184 valence electrons. The summed E-state index contributed by atoms with van der Waals surface area (Å²) >= 11 is 1.79. The molecule has 0 radical (unpaired) electrons. The van der Waals surface area contributed by atoms with Crippen LogP contribution in [0.5, 0.6) is 0 Å². The van der Waals surface area contributed by atoms with Gasteiger partial charge in [-0.05, 0) is 30.5 Å². The van der Waals surface area contributed by atoms with Crippen LogP contribution in [0.25, 0.3) is 0 Å². The van der Waals surface area contributed by atoms with Crippen molar-refractivity contribution < 1.29 is 14.3 Å². The maximum atomic E-state index is 12.9. The third-order valence-corrected chi connectivity index (χ3v) is 6.18. The van der Waals surface area contributed by atoms with Crippen LogP contribution in [0, 0.1) is 5.92 Å². The zero-order valence-electron chi connectivity index (χ0n) is 21.1. The number of amides is 2. The maximum absolute atomic E-state index is 12.9. The van der Waals surface area contributed by atoms with Gasteiger partial charge in [-0.2, -0.15) is 0 Å².